The van der Waals surface area contributed by atoms with E-state index in [0.29, 0.717) is 11.7 Å². The van der Waals surface area contributed by atoms with Gasteiger partial charge in [0.25, 0.3) is 0 Å². The van der Waals surface area contributed by atoms with Crippen LogP contribution in [0.5, 0.6) is 0 Å². The number of aromatic nitrogens is 1. The number of rotatable bonds is 4. The van der Waals surface area contributed by atoms with Crippen LogP contribution in [0.2, 0.25) is 0 Å². The molecule has 2 aliphatic rings. The van der Waals surface area contributed by atoms with Crippen molar-refractivity contribution < 1.29 is 9.59 Å². The Morgan fingerprint density at radius 3 is 3.07 bits per heavy atom. The first kappa shape index (κ1) is 18.6. The predicted octanol–water partition coefficient (Wildman–Crippen LogP) is 3.28. The highest BCUT2D eigenvalue weighted by Gasteiger charge is 2.35. The summed E-state index contributed by atoms with van der Waals surface area (Å²) in [6.45, 7) is 5.49. The summed E-state index contributed by atoms with van der Waals surface area (Å²) in [4.78, 5) is 35.0. The fourth-order valence-electron chi connectivity index (χ4n) is 3.56. The van der Waals surface area contributed by atoms with Gasteiger partial charge >= 0.3 is 0 Å². The normalized spacial score (nSPS) is 20.0. The van der Waals surface area contributed by atoms with Crippen LogP contribution in [0.4, 0.5) is 10.8 Å². The van der Waals surface area contributed by atoms with Gasteiger partial charge in [-0.1, -0.05) is 28.9 Å². The molecule has 1 saturated heterocycles. The summed E-state index contributed by atoms with van der Waals surface area (Å²) < 4.78 is 0.912. The summed E-state index contributed by atoms with van der Waals surface area (Å²) >= 11 is 4.98. The molecule has 1 N–H and O–H groups in total. The van der Waals surface area contributed by atoms with E-state index in [1.165, 1.54) is 4.88 Å². The highest BCUT2D eigenvalue weighted by atomic mass is 79.9. The minimum absolute atomic E-state index is 0.0229. The lowest BCUT2D eigenvalue weighted by molar-refractivity contribution is -0.122. The third-order valence-electron chi connectivity index (χ3n) is 5.10. The van der Waals surface area contributed by atoms with E-state index in [0.717, 1.165) is 41.9 Å². The molecule has 2 aliphatic heterocycles. The minimum atomic E-state index is -0.357. The number of carbonyl (C=O) groups is 2. The van der Waals surface area contributed by atoms with Gasteiger partial charge in [-0.25, -0.2) is 4.98 Å². The first-order valence-corrected chi connectivity index (χ1v) is 10.7. The lowest BCUT2D eigenvalue weighted by Gasteiger charge is -2.23. The molecule has 0 radical (unpaired) electrons. The molecule has 27 heavy (non-hydrogen) atoms. The van der Waals surface area contributed by atoms with E-state index in [2.05, 4.69) is 38.1 Å². The Kier molecular flexibility index (Phi) is 5.29. The van der Waals surface area contributed by atoms with Gasteiger partial charge < -0.3 is 10.2 Å². The second kappa shape index (κ2) is 7.69. The number of anilines is 2. The van der Waals surface area contributed by atoms with Crippen molar-refractivity contribution in [3.05, 3.63) is 39.3 Å². The zero-order chi connectivity index (χ0) is 19.0. The Morgan fingerprint density at radius 1 is 1.44 bits per heavy atom. The summed E-state index contributed by atoms with van der Waals surface area (Å²) in [6.07, 6.45) is 1.15. The molecule has 142 valence electrons. The third kappa shape index (κ3) is 3.93. The van der Waals surface area contributed by atoms with Crippen LogP contribution in [0.25, 0.3) is 0 Å². The Morgan fingerprint density at radius 2 is 2.30 bits per heavy atom. The molecule has 1 fully saturated rings. The van der Waals surface area contributed by atoms with Crippen molar-refractivity contribution in [2.75, 3.05) is 29.9 Å². The fraction of sp³-hybridized carbons (Fsp3) is 0.421. The number of hydrogen-bond donors (Lipinski definition) is 1. The molecule has 2 amide bonds. The largest absolute Gasteiger partial charge is 0.312 e. The highest BCUT2D eigenvalue weighted by Crippen LogP contribution is 2.31. The summed E-state index contributed by atoms with van der Waals surface area (Å²) in [7, 11) is 0. The first-order valence-electron chi connectivity index (χ1n) is 9.11. The standard InChI is InChI=1S/C19H21BrN4O2S/c1-2-23-7-6-15-16(11-23)27-19(21-15)22-18(26)12-8-17(25)24(10-12)14-5-3-4-13(20)9-14/h3-5,9,12H,2,6-8,10-11H2,1H3,(H,21,22,26)/t12-/m0/s1. The maximum absolute atomic E-state index is 12.7. The molecule has 0 saturated carbocycles. The number of halogens is 1. The molecule has 0 spiro atoms. The van der Waals surface area contributed by atoms with Crippen LogP contribution in [0.1, 0.15) is 23.9 Å². The molecule has 4 rings (SSSR count). The van der Waals surface area contributed by atoms with Crippen molar-refractivity contribution in [1.29, 1.82) is 0 Å². The van der Waals surface area contributed by atoms with Crippen molar-refractivity contribution >= 4 is 49.9 Å². The smallest absolute Gasteiger partial charge is 0.231 e. The van der Waals surface area contributed by atoms with Crippen LogP contribution < -0.4 is 10.2 Å². The molecule has 1 atom stereocenters. The van der Waals surface area contributed by atoms with Crippen LogP contribution >= 0.6 is 27.3 Å². The number of nitrogens with one attached hydrogen (secondary N) is 1. The molecule has 0 aliphatic carbocycles. The van der Waals surface area contributed by atoms with Gasteiger partial charge in [-0.05, 0) is 24.7 Å². The van der Waals surface area contributed by atoms with Gasteiger partial charge in [0.05, 0.1) is 11.6 Å². The monoisotopic (exact) mass is 448 g/mol. The van der Waals surface area contributed by atoms with Gasteiger partial charge in [-0.15, -0.1) is 11.3 Å². The summed E-state index contributed by atoms with van der Waals surface area (Å²) in [5.41, 5.74) is 1.91. The molecule has 6 nitrogen and oxygen atoms in total. The maximum atomic E-state index is 12.7. The predicted molar refractivity (Wildman–Crippen MR) is 110 cm³/mol. The Hall–Kier alpha value is -1.77. The number of hydrogen-bond acceptors (Lipinski definition) is 5. The van der Waals surface area contributed by atoms with E-state index in [1.807, 2.05) is 24.3 Å². The van der Waals surface area contributed by atoms with E-state index in [-0.39, 0.29) is 24.2 Å². The van der Waals surface area contributed by atoms with Crippen molar-refractivity contribution in [1.82, 2.24) is 9.88 Å². The quantitative estimate of drug-likeness (QED) is 0.778. The lowest BCUT2D eigenvalue weighted by atomic mass is 10.1. The summed E-state index contributed by atoms with van der Waals surface area (Å²) in [5.74, 6) is -0.505. The fourth-order valence-corrected chi connectivity index (χ4v) is 5.00. The Balaban J connectivity index is 1.42. The number of carbonyl (C=O) groups excluding carboxylic acids is 2. The second-order valence-corrected chi connectivity index (χ2v) is 8.88. The molecule has 8 heteroatoms. The van der Waals surface area contributed by atoms with Crippen molar-refractivity contribution in [2.24, 2.45) is 5.92 Å². The molecule has 0 unspecified atom stereocenters. The van der Waals surface area contributed by atoms with E-state index in [4.69, 9.17) is 0 Å². The van der Waals surface area contributed by atoms with Crippen LogP contribution in [-0.4, -0.2) is 41.3 Å². The number of amides is 2. The Labute approximate surface area is 170 Å². The van der Waals surface area contributed by atoms with Gasteiger partial charge in [-0.2, -0.15) is 0 Å². The van der Waals surface area contributed by atoms with E-state index < -0.39 is 0 Å². The molecular weight excluding hydrogens is 428 g/mol. The minimum Gasteiger partial charge on any atom is -0.312 e. The van der Waals surface area contributed by atoms with Gasteiger partial charge in [0.1, 0.15) is 0 Å². The average Bonchev–Trinajstić information content (AvgIpc) is 3.23. The number of nitrogens with zero attached hydrogens (tertiary/aromatic N) is 3. The van der Waals surface area contributed by atoms with Crippen molar-refractivity contribution in [3.8, 4) is 0 Å². The first-order chi connectivity index (χ1) is 13.0. The number of thiazole rings is 1. The SMILES string of the molecule is CCN1CCc2nc(NC(=O)[C@H]3CC(=O)N(c4cccc(Br)c4)C3)sc2C1. The van der Waals surface area contributed by atoms with Crippen molar-refractivity contribution in [2.45, 2.75) is 26.3 Å². The summed E-state index contributed by atoms with van der Waals surface area (Å²) in [5, 5.41) is 3.59. The van der Waals surface area contributed by atoms with Gasteiger partial charge in [0, 0.05) is 47.5 Å². The van der Waals surface area contributed by atoms with Crippen LogP contribution in [0.15, 0.2) is 28.7 Å². The van der Waals surface area contributed by atoms with E-state index in [1.54, 1.807) is 16.2 Å². The molecule has 1 aromatic heterocycles. The molecule has 2 aromatic rings. The number of fused-ring (bicyclic) bond motifs is 1. The maximum Gasteiger partial charge on any atom is 0.231 e. The highest BCUT2D eigenvalue weighted by molar-refractivity contribution is 9.10. The van der Waals surface area contributed by atoms with Crippen LogP contribution in [-0.2, 0) is 22.6 Å². The second-order valence-electron chi connectivity index (χ2n) is 6.88. The van der Waals surface area contributed by atoms with Gasteiger partial charge in [-0.3, -0.25) is 14.5 Å². The number of likely N-dealkylation sites (N-methyl/N-ethyl adjacent to an activating group) is 1. The topological polar surface area (TPSA) is 65.5 Å². The zero-order valence-electron chi connectivity index (χ0n) is 15.1. The lowest BCUT2D eigenvalue weighted by Crippen LogP contribution is -2.29. The van der Waals surface area contributed by atoms with Crippen molar-refractivity contribution in [3.63, 3.8) is 0 Å². The zero-order valence-corrected chi connectivity index (χ0v) is 17.5. The number of benzene rings is 1. The van der Waals surface area contributed by atoms with Crippen LogP contribution in [0.3, 0.4) is 0 Å². The third-order valence-corrected chi connectivity index (χ3v) is 6.59. The molecule has 0 bridgehead atoms. The Bertz CT molecular complexity index is 884. The van der Waals surface area contributed by atoms with E-state index in [9.17, 15) is 9.59 Å². The summed E-state index contributed by atoms with van der Waals surface area (Å²) in [6, 6.07) is 7.59. The van der Waals surface area contributed by atoms with Gasteiger partial charge in [0.2, 0.25) is 11.8 Å². The average molecular weight is 449 g/mol. The van der Waals surface area contributed by atoms with Gasteiger partial charge in [0.15, 0.2) is 5.13 Å². The molecule has 3 heterocycles. The molecular formula is C19H21BrN4O2S. The van der Waals surface area contributed by atoms with Crippen LogP contribution in [0, 0.1) is 5.92 Å². The van der Waals surface area contributed by atoms with E-state index >= 15 is 0 Å². The molecule has 1 aromatic carbocycles.